The van der Waals surface area contributed by atoms with Gasteiger partial charge in [0.1, 0.15) is 0 Å². The highest BCUT2D eigenvalue weighted by Gasteiger charge is 2.40. The maximum atomic E-state index is 13.0. The van der Waals surface area contributed by atoms with Crippen LogP contribution in [0, 0.1) is 0 Å². The summed E-state index contributed by atoms with van der Waals surface area (Å²) in [6.07, 6.45) is 5.40. The third-order valence-electron chi connectivity index (χ3n) is 4.96. The van der Waals surface area contributed by atoms with E-state index in [2.05, 4.69) is 17.4 Å². The Morgan fingerprint density at radius 1 is 1.25 bits per heavy atom. The zero-order valence-corrected chi connectivity index (χ0v) is 14.4. The number of amides is 2. The Hall–Kier alpha value is -2.10. The second-order valence-electron chi connectivity index (χ2n) is 6.71. The van der Waals surface area contributed by atoms with Crippen LogP contribution < -0.4 is 5.32 Å². The van der Waals surface area contributed by atoms with Crippen LogP contribution >= 0.6 is 0 Å². The number of nitrogens with one attached hydrogen (secondary N) is 1. The van der Waals surface area contributed by atoms with Crippen molar-refractivity contribution in [1.82, 2.24) is 10.2 Å². The summed E-state index contributed by atoms with van der Waals surface area (Å²) < 4.78 is 0. The molecule has 1 saturated carbocycles. The monoisotopic (exact) mass is 326 g/mol. The van der Waals surface area contributed by atoms with Crippen molar-refractivity contribution in [3.05, 3.63) is 47.0 Å². The zero-order chi connectivity index (χ0) is 16.9. The van der Waals surface area contributed by atoms with Crippen LogP contribution in [0.4, 0.5) is 0 Å². The average molecular weight is 326 g/mol. The topological polar surface area (TPSA) is 49.4 Å². The SMILES string of the molecule is CCCNC(=O)CC1=C2CCCCC2N(Cc2ccccc2)C1=O. The summed E-state index contributed by atoms with van der Waals surface area (Å²) >= 11 is 0. The molecule has 0 radical (unpaired) electrons. The highest BCUT2D eigenvalue weighted by atomic mass is 16.2. The summed E-state index contributed by atoms with van der Waals surface area (Å²) in [7, 11) is 0. The molecule has 4 heteroatoms. The Kier molecular flexibility index (Phi) is 5.34. The molecule has 1 aliphatic heterocycles. The van der Waals surface area contributed by atoms with E-state index in [1.165, 1.54) is 5.57 Å². The Bertz CT molecular complexity index is 636. The zero-order valence-electron chi connectivity index (χ0n) is 14.4. The van der Waals surface area contributed by atoms with E-state index >= 15 is 0 Å². The van der Waals surface area contributed by atoms with Gasteiger partial charge in [-0.15, -0.1) is 0 Å². The molecule has 0 saturated heterocycles. The fraction of sp³-hybridized carbons (Fsp3) is 0.500. The molecule has 1 unspecified atom stereocenters. The third-order valence-corrected chi connectivity index (χ3v) is 4.96. The fourth-order valence-electron chi connectivity index (χ4n) is 3.78. The maximum absolute atomic E-state index is 13.0. The van der Waals surface area contributed by atoms with E-state index in [0.717, 1.165) is 43.2 Å². The molecule has 2 aliphatic rings. The van der Waals surface area contributed by atoms with Crippen molar-refractivity contribution in [1.29, 1.82) is 0 Å². The molecule has 1 aromatic carbocycles. The molecule has 4 nitrogen and oxygen atoms in total. The van der Waals surface area contributed by atoms with Crippen molar-refractivity contribution in [2.24, 2.45) is 0 Å². The Morgan fingerprint density at radius 3 is 2.79 bits per heavy atom. The molecule has 1 fully saturated rings. The summed E-state index contributed by atoms with van der Waals surface area (Å²) in [6.45, 7) is 3.34. The third kappa shape index (κ3) is 3.53. The molecular weight excluding hydrogens is 300 g/mol. The predicted octanol–water partition coefficient (Wildman–Crippen LogP) is 3.18. The molecule has 2 amide bonds. The Labute approximate surface area is 143 Å². The number of hydrogen-bond donors (Lipinski definition) is 1. The van der Waals surface area contributed by atoms with Gasteiger partial charge in [-0.05, 0) is 36.8 Å². The number of hydrogen-bond acceptors (Lipinski definition) is 2. The lowest BCUT2D eigenvalue weighted by molar-refractivity contribution is -0.129. The summed E-state index contributed by atoms with van der Waals surface area (Å²) in [4.78, 5) is 27.1. The number of benzene rings is 1. The summed E-state index contributed by atoms with van der Waals surface area (Å²) in [5.41, 5.74) is 3.12. The van der Waals surface area contributed by atoms with E-state index in [1.807, 2.05) is 30.0 Å². The van der Waals surface area contributed by atoms with Crippen molar-refractivity contribution in [2.75, 3.05) is 6.54 Å². The molecule has 1 aromatic rings. The van der Waals surface area contributed by atoms with Crippen LogP contribution in [0.3, 0.4) is 0 Å². The summed E-state index contributed by atoms with van der Waals surface area (Å²) in [6, 6.07) is 10.3. The summed E-state index contributed by atoms with van der Waals surface area (Å²) in [5, 5.41) is 2.90. The van der Waals surface area contributed by atoms with Crippen LogP contribution in [-0.2, 0) is 16.1 Å². The van der Waals surface area contributed by atoms with Crippen LogP contribution in [0.2, 0.25) is 0 Å². The standard InChI is InChI=1S/C20H26N2O2/c1-2-12-21-19(23)13-17-16-10-6-7-11-18(16)22(20(17)24)14-15-8-4-3-5-9-15/h3-5,8-9,18H,2,6-7,10-14H2,1H3,(H,21,23). The van der Waals surface area contributed by atoms with Crippen molar-refractivity contribution in [3.63, 3.8) is 0 Å². The number of carbonyl (C=O) groups excluding carboxylic acids is 2. The van der Waals surface area contributed by atoms with Gasteiger partial charge in [-0.3, -0.25) is 9.59 Å². The van der Waals surface area contributed by atoms with Gasteiger partial charge in [0.25, 0.3) is 5.91 Å². The normalized spacial score (nSPS) is 20.3. The maximum Gasteiger partial charge on any atom is 0.251 e. The van der Waals surface area contributed by atoms with Gasteiger partial charge < -0.3 is 10.2 Å². The average Bonchev–Trinajstić information content (AvgIpc) is 2.87. The highest BCUT2D eigenvalue weighted by molar-refractivity contribution is 6.02. The molecule has 1 aliphatic carbocycles. The second kappa shape index (κ2) is 7.65. The van der Waals surface area contributed by atoms with Crippen LogP contribution in [0.15, 0.2) is 41.5 Å². The van der Waals surface area contributed by atoms with Crippen LogP contribution in [0.25, 0.3) is 0 Å². The van der Waals surface area contributed by atoms with Crippen LogP contribution in [0.1, 0.15) is 51.0 Å². The molecule has 0 aromatic heterocycles. The van der Waals surface area contributed by atoms with E-state index in [4.69, 9.17) is 0 Å². The minimum absolute atomic E-state index is 0.0291. The first-order chi connectivity index (χ1) is 11.7. The van der Waals surface area contributed by atoms with Crippen molar-refractivity contribution < 1.29 is 9.59 Å². The van der Waals surface area contributed by atoms with Gasteiger partial charge in [-0.1, -0.05) is 43.7 Å². The van der Waals surface area contributed by atoms with Gasteiger partial charge in [0.15, 0.2) is 0 Å². The van der Waals surface area contributed by atoms with Gasteiger partial charge >= 0.3 is 0 Å². The van der Waals surface area contributed by atoms with Crippen LogP contribution in [0.5, 0.6) is 0 Å². The number of fused-ring (bicyclic) bond motifs is 1. The summed E-state index contributed by atoms with van der Waals surface area (Å²) in [5.74, 6) is 0.0333. The molecule has 128 valence electrons. The van der Waals surface area contributed by atoms with Crippen molar-refractivity contribution in [3.8, 4) is 0 Å². The Morgan fingerprint density at radius 2 is 2.04 bits per heavy atom. The molecule has 3 rings (SSSR count). The molecule has 24 heavy (non-hydrogen) atoms. The minimum atomic E-state index is -0.0291. The number of rotatable bonds is 6. The van der Waals surface area contributed by atoms with Gasteiger partial charge in [-0.2, -0.15) is 0 Å². The highest BCUT2D eigenvalue weighted by Crippen LogP contribution is 2.38. The van der Waals surface area contributed by atoms with Gasteiger partial charge in [-0.25, -0.2) is 0 Å². The van der Waals surface area contributed by atoms with E-state index in [-0.39, 0.29) is 24.3 Å². The number of carbonyl (C=O) groups is 2. The van der Waals surface area contributed by atoms with Gasteiger partial charge in [0, 0.05) is 18.7 Å². The molecule has 0 bridgehead atoms. The Balaban J connectivity index is 1.77. The minimum Gasteiger partial charge on any atom is -0.356 e. The van der Waals surface area contributed by atoms with Gasteiger partial charge in [0.2, 0.25) is 5.91 Å². The van der Waals surface area contributed by atoms with Crippen molar-refractivity contribution in [2.45, 2.75) is 58.0 Å². The van der Waals surface area contributed by atoms with E-state index in [1.54, 1.807) is 0 Å². The molecule has 1 N–H and O–H groups in total. The first-order valence-electron chi connectivity index (χ1n) is 9.04. The van der Waals surface area contributed by atoms with Crippen molar-refractivity contribution >= 4 is 11.8 Å². The lowest BCUT2D eigenvalue weighted by Crippen LogP contribution is -2.36. The first-order valence-corrected chi connectivity index (χ1v) is 9.04. The molecule has 0 spiro atoms. The molecule has 1 atom stereocenters. The lowest BCUT2D eigenvalue weighted by atomic mass is 9.88. The van der Waals surface area contributed by atoms with Gasteiger partial charge in [0.05, 0.1) is 12.5 Å². The molecule has 1 heterocycles. The largest absolute Gasteiger partial charge is 0.356 e. The predicted molar refractivity (Wildman–Crippen MR) is 94.2 cm³/mol. The first kappa shape index (κ1) is 16.7. The van der Waals surface area contributed by atoms with Crippen LogP contribution in [-0.4, -0.2) is 29.3 Å². The van der Waals surface area contributed by atoms with E-state index < -0.39 is 0 Å². The number of nitrogens with zero attached hydrogens (tertiary/aromatic N) is 1. The lowest BCUT2D eigenvalue weighted by Gasteiger charge is -2.30. The smallest absolute Gasteiger partial charge is 0.251 e. The second-order valence-corrected chi connectivity index (χ2v) is 6.71. The fourth-order valence-corrected chi connectivity index (χ4v) is 3.78. The van der Waals surface area contributed by atoms with E-state index in [9.17, 15) is 9.59 Å². The quantitative estimate of drug-likeness (QED) is 0.873. The van der Waals surface area contributed by atoms with E-state index in [0.29, 0.717) is 13.1 Å². The molecular formula is C20H26N2O2.